The number of aryl methyl sites for hydroxylation is 1. The second kappa shape index (κ2) is 4.86. The van der Waals surface area contributed by atoms with Crippen LogP contribution in [0.5, 0.6) is 0 Å². The Morgan fingerprint density at radius 2 is 2.11 bits per heavy atom. The summed E-state index contributed by atoms with van der Waals surface area (Å²) in [6, 6.07) is 2.97. The number of ketones is 1. The number of halogens is 3. The number of carbonyl (C=O) groups is 1. The average molecular weight is 271 g/mol. The molecule has 6 heteroatoms. The number of hydrogen-bond donors (Lipinski definition) is 0. The SMILES string of the molecule is CCn1ncc(Cl)c1C(=O)c1ccc(F)c(F)c1. The minimum absolute atomic E-state index is 0.0333. The molecule has 2 rings (SSSR count). The van der Waals surface area contributed by atoms with Gasteiger partial charge in [0.15, 0.2) is 11.6 Å². The van der Waals surface area contributed by atoms with Crippen molar-refractivity contribution in [3.05, 3.63) is 52.3 Å². The lowest BCUT2D eigenvalue weighted by atomic mass is 10.1. The van der Waals surface area contributed by atoms with Crippen LogP contribution < -0.4 is 0 Å². The van der Waals surface area contributed by atoms with Crippen LogP contribution in [0.2, 0.25) is 5.02 Å². The highest BCUT2D eigenvalue weighted by atomic mass is 35.5. The zero-order valence-corrected chi connectivity index (χ0v) is 10.2. The monoisotopic (exact) mass is 270 g/mol. The third-order valence-electron chi connectivity index (χ3n) is 2.49. The van der Waals surface area contributed by atoms with Crippen molar-refractivity contribution >= 4 is 17.4 Å². The summed E-state index contributed by atoms with van der Waals surface area (Å²) in [5.41, 5.74) is 0.205. The number of nitrogens with zero attached hydrogens (tertiary/aromatic N) is 2. The van der Waals surface area contributed by atoms with Crippen LogP contribution in [-0.2, 0) is 6.54 Å². The highest BCUT2D eigenvalue weighted by molar-refractivity contribution is 6.34. The van der Waals surface area contributed by atoms with Crippen LogP contribution in [0.25, 0.3) is 0 Å². The summed E-state index contributed by atoms with van der Waals surface area (Å²) >= 11 is 5.87. The van der Waals surface area contributed by atoms with E-state index in [9.17, 15) is 13.6 Å². The molecule has 1 aromatic heterocycles. The third kappa shape index (κ3) is 2.13. The largest absolute Gasteiger partial charge is 0.287 e. The van der Waals surface area contributed by atoms with Crippen molar-refractivity contribution in [1.82, 2.24) is 9.78 Å². The molecule has 0 radical (unpaired) electrons. The fourth-order valence-electron chi connectivity index (χ4n) is 1.60. The van der Waals surface area contributed by atoms with Crippen LogP contribution in [0.4, 0.5) is 8.78 Å². The molecule has 0 N–H and O–H groups in total. The van der Waals surface area contributed by atoms with Gasteiger partial charge in [0.1, 0.15) is 5.69 Å². The molecule has 0 atom stereocenters. The highest BCUT2D eigenvalue weighted by Gasteiger charge is 2.19. The molecule has 18 heavy (non-hydrogen) atoms. The van der Waals surface area contributed by atoms with Crippen LogP contribution in [0.1, 0.15) is 23.0 Å². The van der Waals surface area contributed by atoms with Crippen molar-refractivity contribution in [2.24, 2.45) is 0 Å². The minimum atomic E-state index is -1.07. The maximum absolute atomic E-state index is 13.1. The molecule has 0 saturated carbocycles. The fourth-order valence-corrected chi connectivity index (χ4v) is 1.83. The number of hydrogen-bond acceptors (Lipinski definition) is 2. The molecular formula is C12H9ClF2N2O. The molecule has 0 aliphatic carbocycles. The second-order valence-corrected chi connectivity index (χ2v) is 4.02. The van der Waals surface area contributed by atoms with Crippen molar-refractivity contribution < 1.29 is 13.6 Å². The molecule has 0 saturated heterocycles. The average Bonchev–Trinajstić information content (AvgIpc) is 2.73. The van der Waals surface area contributed by atoms with Gasteiger partial charge in [-0.05, 0) is 25.1 Å². The highest BCUT2D eigenvalue weighted by Crippen LogP contribution is 2.20. The fraction of sp³-hybridized carbons (Fsp3) is 0.167. The van der Waals surface area contributed by atoms with Gasteiger partial charge in [-0.1, -0.05) is 11.6 Å². The van der Waals surface area contributed by atoms with Gasteiger partial charge in [-0.3, -0.25) is 9.48 Å². The Kier molecular flexibility index (Phi) is 3.43. The maximum atomic E-state index is 13.1. The molecular weight excluding hydrogens is 262 g/mol. The molecule has 0 amide bonds. The Balaban J connectivity index is 2.47. The van der Waals surface area contributed by atoms with E-state index >= 15 is 0 Å². The van der Waals surface area contributed by atoms with E-state index in [1.165, 1.54) is 16.9 Å². The lowest BCUT2D eigenvalue weighted by Crippen LogP contribution is -2.11. The van der Waals surface area contributed by atoms with Crippen LogP contribution in [0, 0.1) is 11.6 Å². The molecule has 0 fully saturated rings. The molecule has 3 nitrogen and oxygen atoms in total. The molecule has 1 aromatic carbocycles. The van der Waals surface area contributed by atoms with Crippen molar-refractivity contribution in [1.29, 1.82) is 0 Å². The normalized spacial score (nSPS) is 10.7. The standard InChI is InChI=1S/C12H9ClF2N2O/c1-2-17-11(8(13)6-16-17)12(18)7-3-4-9(14)10(15)5-7/h3-6H,2H2,1H3. The van der Waals surface area contributed by atoms with Gasteiger partial charge in [0.25, 0.3) is 0 Å². The van der Waals surface area contributed by atoms with Crippen molar-refractivity contribution in [2.75, 3.05) is 0 Å². The van der Waals surface area contributed by atoms with Gasteiger partial charge in [-0.2, -0.15) is 5.10 Å². The smallest absolute Gasteiger partial charge is 0.212 e. The van der Waals surface area contributed by atoms with Gasteiger partial charge >= 0.3 is 0 Å². The van der Waals surface area contributed by atoms with E-state index in [0.717, 1.165) is 12.1 Å². The second-order valence-electron chi connectivity index (χ2n) is 3.61. The van der Waals surface area contributed by atoms with E-state index in [2.05, 4.69) is 5.10 Å². The Labute approximate surface area is 107 Å². The number of aromatic nitrogens is 2. The van der Waals surface area contributed by atoms with E-state index in [4.69, 9.17) is 11.6 Å². The Hall–Kier alpha value is -1.75. The molecule has 0 aliphatic rings. The molecule has 0 spiro atoms. The summed E-state index contributed by atoms with van der Waals surface area (Å²) in [5.74, 6) is -2.56. The van der Waals surface area contributed by atoms with Gasteiger partial charge in [0.2, 0.25) is 5.78 Å². The first-order chi connectivity index (χ1) is 8.54. The molecule has 94 valence electrons. The molecule has 0 bridgehead atoms. The van der Waals surface area contributed by atoms with Gasteiger partial charge in [-0.25, -0.2) is 8.78 Å². The van der Waals surface area contributed by atoms with Gasteiger partial charge in [0.05, 0.1) is 11.2 Å². The zero-order valence-electron chi connectivity index (χ0n) is 9.45. The summed E-state index contributed by atoms with van der Waals surface area (Å²) in [4.78, 5) is 12.1. The van der Waals surface area contributed by atoms with Crippen molar-refractivity contribution in [3.8, 4) is 0 Å². The van der Waals surface area contributed by atoms with E-state index in [1.54, 1.807) is 6.92 Å². The van der Waals surface area contributed by atoms with Crippen molar-refractivity contribution in [2.45, 2.75) is 13.5 Å². The quantitative estimate of drug-likeness (QED) is 0.804. The van der Waals surface area contributed by atoms with Crippen LogP contribution >= 0.6 is 11.6 Å². The summed E-state index contributed by atoms with van der Waals surface area (Å²) in [6.07, 6.45) is 1.35. The lowest BCUT2D eigenvalue weighted by molar-refractivity contribution is 0.102. The first-order valence-electron chi connectivity index (χ1n) is 5.25. The van der Waals surface area contributed by atoms with E-state index in [-0.39, 0.29) is 16.3 Å². The topological polar surface area (TPSA) is 34.9 Å². The summed E-state index contributed by atoms with van der Waals surface area (Å²) < 4.78 is 27.3. The zero-order chi connectivity index (χ0) is 13.3. The first-order valence-corrected chi connectivity index (χ1v) is 5.63. The van der Waals surface area contributed by atoms with Crippen LogP contribution in [-0.4, -0.2) is 15.6 Å². The first kappa shape index (κ1) is 12.7. The summed E-state index contributed by atoms with van der Waals surface area (Å²) in [7, 11) is 0. The van der Waals surface area contributed by atoms with E-state index in [0.29, 0.717) is 6.54 Å². The Morgan fingerprint density at radius 1 is 1.39 bits per heavy atom. The van der Waals surface area contributed by atoms with Crippen LogP contribution in [0.3, 0.4) is 0 Å². The third-order valence-corrected chi connectivity index (χ3v) is 2.77. The molecule has 2 aromatic rings. The molecule has 1 heterocycles. The number of rotatable bonds is 3. The predicted molar refractivity (Wildman–Crippen MR) is 62.7 cm³/mol. The van der Waals surface area contributed by atoms with E-state index < -0.39 is 17.4 Å². The Bertz CT molecular complexity index is 610. The lowest BCUT2D eigenvalue weighted by Gasteiger charge is -2.05. The molecule has 0 unspecified atom stereocenters. The van der Waals surface area contributed by atoms with Gasteiger partial charge in [0, 0.05) is 12.1 Å². The van der Waals surface area contributed by atoms with Crippen molar-refractivity contribution in [3.63, 3.8) is 0 Å². The minimum Gasteiger partial charge on any atom is -0.287 e. The Morgan fingerprint density at radius 3 is 2.72 bits per heavy atom. The number of benzene rings is 1. The van der Waals surface area contributed by atoms with E-state index in [1.807, 2.05) is 0 Å². The summed E-state index contributed by atoms with van der Waals surface area (Å²) in [6.45, 7) is 2.25. The van der Waals surface area contributed by atoms with Gasteiger partial charge in [-0.15, -0.1) is 0 Å². The number of carbonyl (C=O) groups excluding carboxylic acids is 1. The summed E-state index contributed by atoms with van der Waals surface area (Å²) in [5, 5.41) is 4.10. The van der Waals surface area contributed by atoms with Crippen LogP contribution in [0.15, 0.2) is 24.4 Å². The molecule has 0 aliphatic heterocycles. The van der Waals surface area contributed by atoms with Gasteiger partial charge < -0.3 is 0 Å². The predicted octanol–water partition coefficient (Wildman–Crippen LogP) is 3.07. The maximum Gasteiger partial charge on any atom is 0.212 e.